The topological polar surface area (TPSA) is 0 Å². The van der Waals surface area contributed by atoms with Crippen LogP contribution in [0.3, 0.4) is 0 Å². The van der Waals surface area contributed by atoms with Gasteiger partial charge in [-0.25, -0.2) is 4.39 Å². The predicted octanol–water partition coefficient (Wildman–Crippen LogP) is 4.80. The Morgan fingerprint density at radius 3 is 2.71 bits per heavy atom. The van der Waals surface area contributed by atoms with Crippen LogP contribution in [0.25, 0.3) is 10.8 Å². The van der Waals surface area contributed by atoms with E-state index in [0.717, 1.165) is 29.2 Å². The molecule has 0 aromatic heterocycles. The number of fused-ring (bicyclic) bond motifs is 1. The highest BCUT2D eigenvalue weighted by molar-refractivity contribution is 5.84. The van der Waals surface area contributed by atoms with E-state index in [-0.39, 0.29) is 5.82 Å². The lowest BCUT2D eigenvalue weighted by atomic mass is 10.0. The van der Waals surface area contributed by atoms with Crippen LogP contribution in [0.15, 0.2) is 42.5 Å². The summed E-state index contributed by atoms with van der Waals surface area (Å²) in [5.74, 6) is -0.0902. The van der Waals surface area contributed by atoms with Crippen molar-refractivity contribution < 1.29 is 4.39 Å². The quantitative estimate of drug-likeness (QED) is 0.662. The molecule has 0 nitrogen and oxygen atoms in total. The zero-order valence-corrected chi connectivity index (χ0v) is 10.3. The first-order valence-electron chi connectivity index (χ1n) is 6.00. The fourth-order valence-corrected chi connectivity index (χ4v) is 2.03. The summed E-state index contributed by atoms with van der Waals surface area (Å²) in [5.41, 5.74) is 1.97. The Bertz CT molecular complexity index is 553. The number of hydrogen-bond donors (Lipinski definition) is 0. The second-order valence-electron chi connectivity index (χ2n) is 4.40. The highest BCUT2D eigenvalue weighted by Crippen LogP contribution is 2.21. The molecular weight excluding hydrogens is 211 g/mol. The molecule has 17 heavy (non-hydrogen) atoms. The van der Waals surface area contributed by atoms with Gasteiger partial charge in [0.25, 0.3) is 0 Å². The van der Waals surface area contributed by atoms with E-state index in [1.165, 1.54) is 5.56 Å². The number of benzene rings is 2. The van der Waals surface area contributed by atoms with Crippen LogP contribution < -0.4 is 0 Å². The molecule has 0 radical (unpaired) electrons. The minimum Gasteiger partial charge on any atom is -0.207 e. The van der Waals surface area contributed by atoms with Crippen LogP contribution in [0.2, 0.25) is 0 Å². The molecule has 0 atom stereocenters. The summed E-state index contributed by atoms with van der Waals surface area (Å²) >= 11 is 0. The largest absolute Gasteiger partial charge is 0.207 e. The first-order valence-corrected chi connectivity index (χ1v) is 6.00. The Kier molecular flexibility index (Phi) is 3.58. The molecule has 0 N–H and O–H groups in total. The maximum Gasteiger partial charge on any atom is 0.127 e. The molecular formula is C16H17F. The van der Waals surface area contributed by atoms with E-state index in [1.54, 1.807) is 6.07 Å². The van der Waals surface area contributed by atoms with E-state index in [2.05, 4.69) is 18.2 Å². The molecule has 0 unspecified atom stereocenters. The van der Waals surface area contributed by atoms with Gasteiger partial charge in [-0.3, -0.25) is 0 Å². The number of rotatable bonds is 3. The van der Waals surface area contributed by atoms with E-state index >= 15 is 0 Å². The Balaban J connectivity index is 2.37. The summed E-state index contributed by atoms with van der Waals surface area (Å²) in [7, 11) is 0. The summed E-state index contributed by atoms with van der Waals surface area (Å²) in [6.07, 6.45) is 5.73. The molecule has 0 spiro atoms. The van der Waals surface area contributed by atoms with Crippen LogP contribution in [0.5, 0.6) is 0 Å². The predicted molar refractivity (Wildman–Crippen MR) is 71.8 cm³/mol. The van der Waals surface area contributed by atoms with Gasteiger partial charge >= 0.3 is 0 Å². The van der Waals surface area contributed by atoms with Gasteiger partial charge in [-0.05, 0) is 55.2 Å². The van der Waals surface area contributed by atoms with Crippen molar-refractivity contribution in [2.24, 2.45) is 0 Å². The Hall–Kier alpha value is -1.63. The van der Waals surface area contributed by atoms with Crippen LogP contribution in [-0.2, 0) is 6.42 Å². The van der Waals surface area contributed by atoms with Gasteiger partial charge in [0.05, 0.1) is 0 Å². The molecule has 0 aliphatic heterocycles. The smallest absolute Gasteiger partial charge is 0.127 e. The molecule has 0 saturated carbocycles. The van der Waals surface area contributed by atoms with Crippen molar-refractivity contribution in [2.75, 3.05) is 0 Å². The first-order chi connectivity index (χ1) is 8.20. The molecule has 0 amide bonds. The normalized spacial score (nSPS) is 11.5. The summed E-state index contributed by atoms with van der Waals surface area (Å²) < 4.78 is 13.9. The fourth-order valence-electron chi connectivity index (χ4n) is 2.03. The molecule has 2 rings (SSSR count). The van der Waals surface area contributed by atoms with Crippen LogP contribution in [0.4, 0.5) is 4.39 Å². The maximum absolute atomic E-state index is 13.9. The third kappa shape index (κ3) is 2.73. The molecule has 0 saturated heterocycles. The van der Waals surface area contributed by atoms with Crippen molar-refractivity contribution in [1.82, 2.24) is 0 Å². The molecule has 0 fully saturated rings. The van der Waals surface area contributed by atoms with Gasteiger partial charge < -0.3 is 0 Å². The van der Waals surface area contributed by atoms with Crippen molar-refractivity contribution >= 4 is 10.8 Å². The minimum atomic E-state index is -0.0902. The van der Waals surface area contributed by atoms with Gasteiger partial charge in [-0.2, -0.15) is 0 Å². The third-order valence-electron chi connectivity index (χ3n) is 2.98. The van der Waals surface area contributed by atoms with Gasteiger partial charge in [0.1, 0.15) is 5.82 Å². The monoisotopic (exact) mass is 228 g/mol. The van der Waals surface area contributed by atoms with Gasteiger partial charge in [0, 0.05) is 0 Å². The van der Waals surface area contributed by atoms with E-state index in [1.807, 2.05) is 32.1 Å². The minimum absolute atomic E-state index is 0.0902. The van der Waals surface area contributed by atoms with Crippen LogP contribution >= 0.6 is 0 Å². The van der Waals surface area contributed by atoms with Gasteiger partial charge in [-0.15, -0.1) is 0 Å². The van der Waals surface area contributed by atoms with Gasteiger partial charge in [0.2, 0.25) is 0 Å². The Labute approximate surface area is 102 Å². The second-order valence-corrected chi connectivity index (χ2v) is 4.40. The number of allylic oxidation sites excluding steroid dienone is 2. The van der Waals surface area contributed by atoms with Crippen molar-refractivity contribution in [3.05, 3.63) is 59.4 Å². The van der Waals surface area contributed by atoms with Crippen molar-refractivity contribution in [3.63, 3.8) is 0 Å². The molecule has 0 aliphatic rings. The number of aryl methyl sites for hydroxylation is 2. The van der Waals surface area contributed by atoms with Crippen LogP contribution in [0.1, 0.15) is 24.5 Å². The van der Waals surface area contributed by atoms with E-state index in [0.29, 0.717) is 0 Å². The average molecular weight is 228 g/mol. The maximum atomic E-state index is 13.9. The van der Waals surface area contributed by atoms with Gasteiger partial charge in [-0.1, -0.05) is 35.9 Å². The number of hydrogen-bond acceptors (Lipinski definition) is 0. The molecule has 88 valence electrons. The lowest BCUT2D eigenvalue weighted by Gasteiger charge is -2.05. The second kappa shape index (κ2) is 5.13. The van der Waals surface area contributed by atoms with Crippen molar-refractivity contribution in [2.45, 2.75) is 26.7 Å². The standard InChI is InChI=1S/C16H17F/c1-3-4-5-6-14-10-13-8-7-12(2)9-15(13)11-16(14)17/h3-4,7-11H,5-6H2,1-2H3. The highest BCUT2D eigenvalue weighted by atomic mass is 19.1. The Morgan fingerprint density at radius 1 is 1.12 bits per heavy atom. The lowest BCUT2D eigenvalue weighted by Crippen LogP contribution is -1.90. The van der Waals surface area contributed by atoms with Crippen LogP contribution in [-0.4, -0.2) is 0 Å². The van der Waals surface area contributed by atoms with Crippen LogP contribution in [0, 0.1) is 12.7 Å². The zero-order valence-electron chi connectivity index (χ0n) is 10.3. The van der Waals surface area contributed by atoms with E-state index in [4.69, 9.17) is 0 Å². The highest BCUT2D eigenvalue weighted by Gasteiger charge is 2.04. The molecule has 1 heteroatoms. The first kappa shape index (κ1) is 11.8. The Morgan fingerprint density at radius 2 is 1.94 bits per heavy atom. The van der Waals surface area contributed by atoms with E-state index < -0.39 is 0 Å². The number of halogens is 1. The molecule has 2 aromatic carbocycles. The summed E-state index contributed by atoms with van der Waals surface area (Å²) in [6.45, 7) is 4.01. The van der Waals surface area contributed by atoms with E-state index in [9.17, 15) is 4.39 Å². The fraction of sp³-hybridized carbons (Fsp3) is 0.250. The summed E-state index contributed by atoms with van der Waals surface area (Å²) in [5, 5.41) is 2.10. The summed E-state index contributed by atoms with van der Waals surface area (Å²) in [6, 6.07) is 9.76. The molecule has 0 aliphatic carbocycles. The van der Waals surface area contributed by atoms with Crippen molar-refractivity contribution in [3.8, 4) is 0 Å². The summed E-state index contributed by atoms with van der Waals surface area (Å²) in [4.78, 5) is 0. The SMILES string of the molecule is CC=CCCc1cc2ccc(C)cc2cc1F. The average Bonchev–Trinajstić information content (AvgIpc) is 2.30. The third-order valence-corrected chi connectivity index (χ3v) is 2.98. The lowest BCUT2D eigenvalue weighted by molar-refractivity contribution is 0.611. The molecule has 0 bridgehead atoms. The molecule has 2 aromatic rings. The van der Waals surface area contributed by atoms with Gasteiger partial charge in [0.15, 0.2) is 0 Å². The van der Waals surface area contributed by atoms with Crippen molar-refractivity contribution in [1.29, 1.82) is 0 Å². The zero-order chi connectivity index (χ0) is 12.3. The molecule has 0 heterocycles.